The number of nitrogens with one attached hydrogen (secondary N) is 1. The monoisotopic (exact) mass is 260 g/mol. The Morgan fingerprint density at radius 1 is 1.41 bits per heavy atom. The van der Waals surface area contributed by atoms with E-state index in [0.29, 0.717) is 0 Å². The van der Waals surface area contributed by atoms with Crippen LogP contribution in [0.2, 0.25) is 0 Å². The van der Waals surface area contributed by atoms with Crippen LogP contribution in [0.25, 0.3) is 0 Å². The minimum absolute atomic E-state index is 0.154. The van der Waals surface area contributed by atoms with Gasteiger partial charge in [0.05, 0.1) is 6.26 Å². The molecule has 0 atom stereocenters. The Morgan fingerprint density at radius 3 is 2.47 bits per heavy atom. The average molecular weight is 260 g/mol. The van der Waals surface area contributed by atoms with Crippen LogP contribution in [0.4, 0.5) is 10.6 Å². The molecule has 1 aromatic rings. The smallest absolute Gasteiger partial charge is 0.413 e. The maximum atomic E-state index is 11.5. The van der Waals surface area contributed by atoms with E-state index in [2.05, 4.69) is 5.32 Å². The molecule has 6 nitrogen and oxygen atoms in total. The largest absolute Gasteiger partial charge is 0.444 e. The fraction of sp³-hybridized carbons (Fsp3) is 0.500. The van der Waals surface area contributed by atoms with Gasteiger partial charge in [-0.25, -0.2) is 17.2 Å². The van der Waals surface area contributed by atoms with Crippen molar-refractivity contribution < 1.29 is 17.9 Å². The molecular weight excluding hydrogens is 244 g/mol. The molecule has 0 radical (unpaired) electrons. The third kappa shape index (κ3) is 4.10. The van der Waals surface area contributed by atoms with Gasteiger partial charge in [-0.3, -0.25) is 5.32 Å². The van der Waals surface area contributed by atoms with Gasteiger partial charge in [-0.1, -0.05) is 0 Å². The maximum Gasteiger partial charge on any atom is 0.413 e. The van der Waals surface area contributed by atoms with Gasteiger partial charge in [0.1, 0.15) is 11.4 Å². The fourth-order valence-corrected chi connectivity index (χ4v) is 1.92. The van der Waals surface area contributed by atoms with E-state index in [1.54, 1.807) is 20.8 Å². The summed E-state index contributed by atoms with van der Waals surface area (Å²) in [5.41, 5.74) is -0.632. The lowest BCUT2D eigenvalue weighted by atomic mass is 10.2. The fourth-order valence-electron chi connectivity index (χ4n) is 1.16. The van der Waals surface area contributed by atoms with Crippen molar-refractivity contribution in [2.45, 2.75) is 26.4 Å². The van der Waals surface area contributed by atoms with Gasteiger partial charge in [0.2, 0.25) is 10.0 Å². The third-order valence-electron chi connectivity index (χ3n) is 1.70. The van der Waals surface area contributed by atoms with Crippen LogP contribution >= 0.6 is 0 Å². The van der Waals surface area contributed by atoms with Gasteiger partial charge >= 0.3 is 6.09 Å². The Morgan fingerprint density at radius 2 is 2.00 bits per heavy atom. The molecule has 1 amide bonds. The summed E-state index contributed by atoms with van der Waals surface area (Å²) >= 11 is 0. The van der Waals surface area contributed by atoms with E-state index in [0.717, 1.165) is 10.2 Å². The lowest BCUT2D eigenvalue weighted by Crippen LogP contribution is -2.28. The second-order valence-electron chi connectivity index (χ2n) is 4.58. The van der Waals surface area contributed by atoms with Crippen molar-refractivity contribution in [3.63, 3.8) is 0 Å². The summed E-state index contributed by atoms with van der Waals surface area (Å²) in [7, 11) is -3.43. The van der Waals surface area contributed by atoms with E-state index in [4.69, 9.17) is 4.74 Å². The summed E-state index contributed by atoms with van der Waals surface area (Å²) in [6.07, 6.45) is 1.70. The molecule has 0 saturated carbocycles. The van der Waals surface area contributed by atoms with E-state index in [1.807, 2.05) is 0 Å². The summed E-state index contributed by atoms with van der Waals surface area (Å²) in [6, 6.07) is 3.00. The molecule has 0 fully saturated rings. The summed E-state index contributed by atoms with van der Waals surface area (Å²) < 4.78 is 28.7. The Balaban J connectivity index is 2.84. The Labute approximate surface area is 101 Å². The Kier molecular flexibility index (Phi) is 3.51. The molecule has 0 spiro atoms. The minimum atomic E-state index is -3.43. The predicted molar refractivity (Wildman–Crippen MR) is 64.5 cm³/mol. The molecule has 0 aliphatic heterocycles. The van der Waals surface area contributed by atoms with Crippen molar-refractivity contribution in [1.29, 1.82) is 0 Å². The molecule has 96 valence electrons. The van der Waals surface area contributed by atoms with Crippen LogP contribution in [0.3, 0.4) is 0 Å². The van der Waals surface area contributed by atoms with E-state index < -0.39 is 21.7 Å². The van der Waals surface area contributed by atoms with E-state index in [-0.39, 0.29) is 5.82 Å². The van der Waals surface area contributed by atoms with Crippen molar-refractivity contribution >= 4 is 21.9 Å². The molecule has 0 bridgehead atoms. The number of aromatic nitrogens is 1. The zero-order chi connectivity index (χ0) is 13.3. The molecule has 17 heavy (non-hydrogen) atoms. The molecule has 1 rings (SSSR count). The molecule has 1 aromatic heterocycles. The van der Waals surface area contributed by atoms with Gasteiger partial charge in [-0.05, 0) is 32.9 Å². The average Bonchev–Trinajstić information content (AvgIpc) is 2.46. The summed E-state index contributed by atoms with van der Waals surface area (Å²) in [5, 5.41) is 2.38. The highest BCUT2D eigenvalue weighted by Crippen LogP contribution is 2.14. The molecule has 0 aliphatic carbocycles. The number of hydrogen-bond donors (Lipinski definition) is 1. The first-order valence-electron chi connectivity index (χ1n) is 4.97. The van der Waals surface area contributed by atoms with E-state index in [9.17, 15) is 13.2 Å². The molecule has 0 aliphatic rings. The number of amides is 1. The van der Waals surface area contributed by atoms with Crippen molar-refractivity contribution in [3.05, 3.63) is 18.3 Å². The number of anilines is 1. The minimum Gasteiger partial charge on any atom is -0.444 e. The van der Waals surface area contributed by atoms with Crippen molar-refractivity contribution in [3.8, 4) is 0 Å². The highest BCUT2D eigenvalue weighted by atomic mass is 32.2. The van der Waals surface area contributed by atoms with Crippen LogP contribution < -0.4 is 5.32 Å². The number of ether oxygens (including phenoxy) is 1. The SMILES string of the molecule is CC(C)(C)OC(=O)Nc1cccn1S(C)(=O)=O. The van der Waals surface area contributed by atoms with Crippen LogP contribution in [0.5, 0.6) is 0 Å². The molecule has 0 aromatic carbocycles. The van der Waals surface area contributed by atoms with Crippen molar-refractivity contribution in [2.24, 2.45) is 0 Å². The normalized spacial score (nSPS) is 12.2. The molecular formula is C10H16N2O4S. The first-order valence-corrected chi connectivity index (χ1v) is 6.82. The highest BCUT2D eigenvalue weighted by molar-refractivity contribution is 7.89. The van der Waals surface area contributed by atoms with Crippen molar-refractivity contribution in [2.75, 3.05) is 11.6 Å². The topological polar surface area (TPSA) is 77.4 Å². The first-order chi connectivity index (χ1) is 7.59. The Bertz CT molecular complexity index is 511. The third-order valence-corrected chi connectivity index (χ3v) is 2.73. The van der Waals surface area contributed by atoms with Gasteiger partial charge in [0, 0.05) is 6.20 Å². The zero-order valence-corrected chi connectivity index (χ0v) is 11.0. The quantitative estimate of drug-likeness (QED) is 0.877. The summed E-state index contributed by atoms with van der Waals surface area (Å²) in [6.45, 7) is 5.17. The van der Waals surface area contributed by atoms with Gasteiger partial charge in [-0.15, -0.1) is 0 Å². The van der Waals surface area contributed by atoms with Gasteiger partial charge in [0.25, 0.3) is 0 Å². The summed E-state index contributed by atoms with van der Waals surface area (Å²) in [5.74, 6) is 0.154. The number of nitrogens with zero attached hydrogens (tertiary/aromatic N) is 1. The maximum absolute atomic E-state index is 11.5. The number of carbonyl (C=O) groups is 1. The Hall–Kier alpha value is -1.50. The molecule has 7 heteroatoms. The second-order valence-corrected chi connectivity index (χ2v) is 6.44. The summed E-state index contributed by atoms with van der Waals surface area (Å²) in [4.78, 5) is 11.5. The van der Waals surface area contributed by atoms with Crippen LogP contribution in [0, 0.1) is 0 Å². The number of carbonyl (C=O) groups excluding carboxylic acids is 1. The molecule has 1 heterocycles. The van der Waals surface area contributed by atoms with E-state index >= 15 is 0 Å². The highest BCUT2D eigenvalue weighted by Gasteiger charge is 2.18. The predicted octanol–water partition coefficient (Wildman–Crippen LogP) is 1.64. The molecule has 0 saturated heterocycles. The lowest BCUT2D eigenvalue weighted by molar-refractivity contribution is 0.0635. The van der Waals surface area contributed by atoms with Gasteiger partial charge in [0.15, 0.2) is 0 Å². The van der Waals surface area contributed by atoms with Crippen LogP contribution in [-0.2, 0) is 14.8 Å². The second kappa shape index (κ2) is 4.40. The number of rotatable bonds is 2. The van der Waals surface area contributed by atoms with Crippen LogP contribution in [0.15, 0.2) is 18.3 Å². The number of hydrogen-bond acceptors (Lipinski definition) is 4. The molecule has 0 unspecified atom stereocenters. The van der Waals surface area contributed by atoms with Gasteiger partial charge < -0.3 is 4.74 Å². The zero-order valence-electron chi connectivity index (χ0n) is 10.2. The van der Waals surface area contributed by atoms with Gasteiger partial charge in [-0.2, -0.15) is 0 Å². The van der Waals surface area contributed by atoms with Crippen LogP contribution in [-0.4, -0.2) is 30.3 Å². The van der Waals surface area contributed by atoms with Crippen LogP contribution in [0.1, 0.15) is 20.8 Å². The first kappa shape index (κ1) is 13.6. The van der Waals surface area contributed by atoms with Crippen molar-refractivity contribution in [1.82, 2.24) is 3.97 Å². The van der Waals surface area contributed by atoms with E-state index in [1.165, 1.54) is 18.3 Å². The molecule has 1 N–H and O–H groups in total. The standard InChI is InChI=1S/C10H16N2O4S/c1-10(2,3)16-9(13)11-8-6-5-7-12(8)17(4,14)15/h5-7H,1-4H3,(H,11,13). The lowest BCUT2D eigenvalue weighted by Gasteiger charge is -2.19.